The number of nitrogens with two attached hydrogens (primary N) is 1. The van der Waals surface area contributed by atoms with Crippen LogP contribution in [0.2, 0.25) is 0 Å². The van der Waals surface area contributed by atoms with Crippen LogP contribution < -0.4 is 20.5 Å². The number of aromatic nitrogens is 2. The minimum Gasteiger partial charge on any atom is -0.494 e. The molecule has 8 nitrogen and oxygen atoms in total. The van der Waals surface area contributed by atoms with E-state index in [1.165, 1.54) is 25.4 Å². The number of aliphatic hydroxyl groups is 1. The molecule has 232 valence electrons. The third-order valence-electron chi connectivity index (χ3n) is 7.28. The molecule has 4 aromatic rings. The largest absolute Gasteiger partial charge is 0.494 e. The molecule has 44 heavy (non-hydrogen) atoms. The van der Waals surface area contributed by atoms with E-state index in [1.54, 1.807) is 12.1 Å². The summed E-state index contributed by atoms with van der Waals surface area (Å²) in [6, 6.07) is 8.23. The summed E-state index contributed by atoms with van der Waals surface area (Å²) >= 11 is 0. The monoisotopic (exact) mass is 624 g/mol. The fourth-order valence-electron chi connectivity index (χ4n) is 5.03. The van der Waals surface area contributed by atoms with Crippen LogP contribution in [0.3, 0.4) is 0 Å². The first-order chi connectivity index (χ1) is 20.7. The van der Waals surface area contributed by atoms with E-state index in [0.29, 0.717) is 17.0 Å². The van der Waals surface area contributed by atoms with Crippen LogP contribution >= 0.6 is 0 Å². The lowest BCUT2D eigenvalue weighted by molar-refractivity contribution is -0.191. The summed E-state index contributed by atoms with van der Waals surface area (Å²) in [5.74, 6) is -4.96. The molecule has 1 aliphatic rings. The number of methoxy groups -OCH3 is 1. The van der Waals surface area contributed by atoms with E-state index in [0.717, 1.165) is 24.3 Å². The highest BCUT2D eigenvalue weighted by Gasteiger charge is 2.59. The lowest BCUT2D eigenvalue weighted by Crippen LogP contribution is -2.52. The summed E-state index contributed by atoms with van der Waals surface area (Å²) in [5, 5.41) is 12.6. The standard InChI is InChI=1S/C29H23F7N4O4/c1-43-21-10-16(9-15-3-2-8-38-23(15)21)26(42)40-20(12-41)22(28(31,32)33)19-11-18-25(44-13-27(18,37)29(34,35)36)24(39-19)14-4-6-17(30)7-5-14/h2-11,20,22,41H,12-13,37H2,1H3,(H,40,42)/t20?,22-,27-/m0/s1. The number of ether oxygens (including phenoxy) is 2. The van der Waals surface area contributed by atoms with E-state index in [4.69, 9.17) is 15.2 Å². The molecule has 15 heteroatoms. The summed E-state index contributed by atoms with van der Waals surface area (Å²) in [4.78, 5) is 21.4. The zero-order chi connectivity index (χ0) is 32.0. The van der Waals surface area contributed by atoms with Crippen molar-refractivity contribution in [3.05, 3.63) is 83.4 Å². The summed E-state index contributed by atoms with van der Waals surface area (Å²) in [6.07, 6.45) is -8.93. The maximum atomic E-state index is 14.7. The minimum absolute atomic E-state index is 0.0571. The quantitative estimate of drug-likeness (QED) is 0.248. The van der Waals surface area contributed by atoms with Crippen molar-refractivity contribution in [3.8, 4) is 22.8 Å². The van der Waals surface area contributed by atoms with Gasteiger partial charge in [-0.3, -0.25) is 9.78 Å². The Hall–Kier alpha value is -4.50. The van der Waals surface area contributed by atoms with Crippen LogP contribution in [-0.4, -0.2) is 59.7 Å². The van der Waals surface area contributed by atoms with Gasteiger partial charge in [0, 0.05) is 28.3 Å². The smallest absolute Gasteiger partial charge is 0.414 e. The second-order valence-electron chi connectivity index (χ2n) is 10.1. The zero-order valence-corrected chi connectivity index (χ0v) is 22.6. The number of nitrogens with zero attached hydrogens (tertiary/aromatic N) is 2. The van der Waals surface area contributed by atoms with Gasteiger partial charge in [0.05, 0.1) is 25.5 Å². The highest BCUT2D eigenvalue weighted by molar-refractivity contribution is 6.00. The van der Waals surface area contributed by atoms with Crippen molar-refractivity contribution in [2.45, 2.75) is 29.9 Å². The number of hydrogen-bond donors (Lipinski definition) is 3. The topological polar surface area (TPSA) is 120 Å². The molecular formula is C29H23F7N4O4. The summed E-state index contributed by atoms with van der Waals surface area (Å²) in [6.45, 7) is -2.43. The Morgan fingerprint density at radius 2 is 1.84 bits per heavy atom. The number of nitrogens with one attached hydrogen (secondary N) is 1. The molecule has 1 unspecified atom stereocenters. The van der Waals surface area contributed by atoms with Gasteiger partial charge in [-0.15, -0.1) is 0 Å². The van der Waals surface area contributed by atoms with Crippen LogP contribution in [0.5, 0.6) is 11.5 Å². The number of hydrogen-bond acceptors (Lipinski definition) is 7. The van der Waals surface area contributed by atoms with Gasteiger partial charge >= 0.3 is 12.4 Å². The average Bonchev–Trinajstić information content (AvgIpc) is 3.33. The molecule has 0 bridgehead atoms. The molecule has 3 atom stereocenters. The van der Waals surface area contributed by atoms with Gasteiger partial charge in [0.2, 0.25) is 0 Å². The fraction of sp³-hybridized carbons (Fsp3) is 0.276. The maximum absolute atomic E-state index is 14.7. The normalized spacial score (nSPS) is 18.0. The van der Waals surface area contributed by atoms with Gasteiger partial charge in [0.25, 0.3) is 5.91 Å². The number of benzene rings is 2. The minimum atomic E-state index is -5.25. The Morgan fingerprint density at radius 1 is 1.14 bits per heavy atom. The molecule has 0 saturated carbocycles. The first-order valence-electron chi connectivity index (χ1n) is 12.9. The predicted octanol–water partition coefficient (Wildman–Crippen LogP) is 4.99. The Morgan fingerprint density at radius 3 is 2.45 bits per heavy atom. The van der Waals surface area contributed by atoms with Crippen LogP contribution in [0.25, 0.3) is 22.2 Å². The Balaban J connectivity index is 1.63. The van der Waals surface area contributed by atoms with Crippen molar-refractivity contribution in [1.82, 2.24) is 15.3 Å². The highest BCUT2D eigenvalue weighted by Crippen LogP contribution is 2.50. The highest BCUT2D eigenvalue weighted by atomic mass is 19.4. The van der Waals surface area contributed by atoms with E-state index in [1.807, 2.05) is 0 Å². The molecule has 5 rings (SSSR count). The first-order valence-corrected chi connectivity index (χ1v) is 12.9. The van der Waals surface area contributed by atoms with Gasteiger partial charge in [-0.25, -0.2) is 9.37 Å². The number of halogens is 7. The first kappa shape index (κ1) is 30.9. The lowest BCUT2D eigenvalue weighted by Gasteiger charge is -2.30. The van der Waals surface area contributed by atoms with Gasteiger partial charge in [-0.05, 0) is 48.5 Å². The second kappa shape index (κ2) is 11.2. The molecule has 0 aliphatic carbocycles. The number of alkyl halides is 6. The number of carbonyl (C=O) groups excluding carboxylic acids is 1. The maximum Gasteiger partial charge on any atom is 0.414 e. The Bertz CT molecular complexity index is 1710. The van der Waals surface area contributed by atoms with Crippen molar-refractivity contribution < 1.29 is 50.1 Å². The predicted molar refractivity (Wildman–Crippen MR) is 142 cm³/mol. The Kier molecular flexibility index (Phi) is 7.88. The molecule has 1 amide bonds. The van der Waals surface area contributed by atoms with E-state index >= 15 is 0 Å². The van der Waals surface area contributed by atoms with Crippen LogP contribution in [0.4, 0.5) is 30.7 Å². The fourth-order valence-corrected chi connectivity index (χ4v) is 5.03. The molecule has 0 radical (unpaired) electrons. The molecule has 0 spiro atoms. The van der Waals surface area contributed by atoms with E-state index in [-0.39, 0.29) is 16.9 Å². The van der Waals surface area contributed by atoms with Crippen LogP contribution in [0, 0.1) is 5.82 Å². The molecule has 2 aromatic heterocycles. The number of rotatable bonds is 7. The van der Waals surface area contributed by atoms with Gasteiger partial charge in [-0.1, -0.05) is 6.07 Å². The van der Waals surface area contributed by atoms with Gasteiger partial charge in [0.15, 0.2) is 11.3 Å². The zero-order valence-electron chi connectivity index (χ0n) is 22.6. The molecular weight excluding hydrogens is 601 g/mol. The summed E-state index contributed by atoms with van der Waals surface area (Å²) in [5.41, 5.74) is 0.376. The van der Waals surface area contributed by atoms with Crippen molar-refractivity contribution in [2.75, 3.05) is 20.3 Å². The van der Waals surface area contributed by atoms with Gasteiger partial charge in [-0.2, -0.15) is 26.3 Å². The van der Waals surface area contributed by atoms with Gasteiger partial charge < -0.3 is 25.6 Å². The number of carbonyl (C=O) groups is 1. The van der Waals surface area contributed by atoms with Crippen molar-refractivity contribution in [1.29, 1.82) is 0 Å². The average molecular weight is 625 g/mol. The second-order valence-corrected chi connectivity index (χ2v) is 10.1. The molecule has 1 aliphatic heterocycles. The summed E-state index contributed by atoms with van der Waals surface area (Å²) < 4.78 is 111. The number of pyridine rings is 2. The Labute approximate surface area is 244 Å². The third-order valence-corrected chi connectivity index (χ3v) is 7.28. The van der Waals surface area contributed by atoms with Crippen molar-refractivity contribution in [2.24, 2.45) is 5.73 Å². The van der Waals surface area contributed by atoms with Crippen LogP contribution in [-0.2, 0) is 5.54 Å². The number of amides is 1. The molecule has 3 heterocycles. The lowest BCUT2D eigenvalue weighted by atomic mass is 9.87. The van der Waals surface area contributed by atoms with Gasteiger partial charge in [0.1, 0.15) is 35.3 Å². The molecule has 4 N–H and O–H groups in total. The van der Waals surface area contributed by atoms with Crippen LogP contribution in [0.15, 0.2) is 60.8 Å². The van der Waals surface area contributed by atoms with E-state index < -0.39 is 77.5 Å². The SMILES string of the molecule is COc1cc(C(=O)NC(CO)[C@H](c2cc3c(c(-c4ccc(F)cc4)n2)OC[C@@]3(N)C(F)(F)F)C(F)(F)F)cc2cccnc12. The van der Waals surface area contributed by atoms with E-state index in [2.05, 4.69) is 15.3 Å². The van der Waals surface area contributed by atoms with Crippen molar-refractivity contribution >= 4 is 16.8 Å². The van der Waals surface area contributed by atoms with Crippen molar-refractivity contribution in [3.63, 3.8) is 0 Å². The molecule has 0 fully saturated rings. The number of fused-ring (bicyclic) bond motifs is 2. The summed E-state index contributed by atoms with van der Waals surface area (Å²) in [7, 11) is 1.31. The molecule has 0 saturated heterocycles. The molecule has 2 aromatic carbocycles. The van der Waals surface area contributed by atoms with Crippen LogP contribution in [0.1, 0.15) is 27.5 Å². The number of aliphatic hydroxyl groups excluding tert-OH is 1. The van der Waals surface area contributed by atoms with E-state index in [9.17, 15) is 40.6 Å². The third kappa shape index (κ3) is 5.48.